The van der Waals surface area contributed by atoms with Crippen LogP contribution in [0.2, 0.25) is 0 Å². The van der Waals surface area contributed by atoms with Crippen LogP contribution in [0.25, 0.3) is 0 Å². The number of carbonyl (C=O) groups excluding carboxylic acids is 1. The molecular formula is C7H9N3O3S. The van der Waals surface area contributed by atoms with Gasteiger partial charge in [0.05, 0.1) is 0 Å². The van der Waals surface area contributed by atoms with Crippen LogP contribution in [0.4, 0.5) is 0 Å². The first-order valence-electron chi connectivity index (χ1n) is 3.71. The Hall–Kier alpha value is -1.31. The molecule has 1 aromatic rings. The van der Waals surface area contributed by atoms with Crippen LogP contribution in [0.15, 0.2) is 24.5 Å². The average molecular weight is 215 g/mol. The number of pyridine rings is 1. The molecule has 0 radical (unpaired) electrons. The minimum atomic E-state index is -1.98. The van der Waals surface area contributed by atoms with Gasteiger partial charge in [0, 0.05) is 18.0 Å². The second kappa shape index (κ2) is 5.43. The van der Waals surface area contributed by atoms with Gasteiger partial charge in [-0.25, -0.2) is 9.63 Å². The molecule has 0 aliphatic carbocycles. The number of hydrogen-bond donors (Lipinski definition) is 3. The predicted octanol–water partition coefficient (Wildman–Crippen LogP) is -0.505. The van der Waals surface area contributed by atoms with Gasteiger partial charge in [0.1, 0.15) is 5.88 Å². The van der Waals surface area contributed by atoms with E-state index in [4.69, 9.17) is 4.55 Å². The maximum Gasteiger partial charge on any atom is 0.265 e. The number of nitrogens with zero attached hydrogens (tertiary/aromatic N) is 1. The van der Waals surface area contributed by atoms with Crippen LogP contribution in [0.3, 0.4) is 0 Å². The summed E-state index contributed by atoms with van der Waals surface area (Å²) in [7, 11) is 0. The van der Waals surface area contributed by atoms with Gasteiger partial charge in [-0.2, -0.15) is 0 Å². The van der Waals surface area contributed by atoms with Gasteiger partial charge in [-0.05, 0) is 12.1 Å². The first-order valence-corrected chi connectivity index (χ1v) is 4.98. The van der Waals surface area contributed by atoms with Crippen LogP contribution in [-0.4, -0.2) is 25.5 Å². The molecule has 76 valence electrons. The van der Waals surface area contributed by atoms with Crippen molar-refractivity contribution in [1.29, 1.82) is 0 Å². The molecule has 1 heterocycles. The molecule has 1 rings (SSSR count). The third-order valence-corrected chi connectivity index (χ3v) is 1.73. The van der Waals surface area contributed by atoms with Gasteiger partial charge < -0.3 is 4.55 Å². The molecule has 1 amide bonds. The monoisotopic (exact) mass is 215 g/mol. The summed E-state index contributed by atoms with van der Waals surface area (Å²) in [6, 6.07) is 3.07. The Morgan fingerprint density at radius 3 is 2.71 bits per heavy atom. The molecule has 3 N–H and O–H groups in total. The highest BCUT2D eigenvalue weighted by Crippen LogP contribution is 1.93. The average Bonchev–Trinajstić information content (AvgIpc) is 2.18. The van der Waals surface area contributed by atoms with E-state index in [-0.39, 0.29) is 11.8 Å². The van der Waals surface area contributed by atoms with Gasteiger partial charge in [0.2, 0.25) is 0 Å². The Labute approximate surface area is 83.0 Å². The van der Waals surface area contributed by atoms with E-state index < -0.39 is 11.1 Å². The molecule has 1 unspecified atom stereocenters. The zero-order valence-electron chi connectivity index (χ0n) is 7.14. The molecule has 1 atom stereocenters. The summed E-state index contributed by atoms with van der Waals surface area (Å²) in [6.45, 7) is 0. The van der Waals surface area contributed by atoms with Crippen molar-refractivity contribution in [2.45, 2.75) is 0 Å². The molecule has 0 bridgehead atoms. The number of carbonyl (C=O) groups is 1. The fourth-order valence-electron chi connectivity index (χ4n) is 0.754. The van der Waals surface area contributed by atoms with Crippen molar-refractivity contribution in [1.82, 2.24) is 15.8 Å². The highest BCUT2D eigenvalue weighted by molar-refractivity contribution is 7.79. The molecule has 0 saturated heterocycles. The Balaban J connectivity index is 2.40. The van der Waals surface area contributed by atoms with Gasteiger partial charge in [-0.15, -0.1) is 0 Å². The summed E-state index contributed by atoms with van der Waals surface area (Å²) >= 11 is -1.98. The fourth-order valence-corrected chi connectivity index (χ4v) is 0.949. The van der Waals surface area contributed by atoms with Crippen molar-refractivity contribution in [3.05, 3.63) is 30.1 Å². The molecular weight excluding hydrogens is 206 g/mol. The topological polar surface area (TPSA) is 91.3 Å². The van der Waals surface area contributed by atoms with Crippen LogP contribution in [0.5, 0.6) is 0 Å². The van der Waals surface area contributed by atoms with E-state index in [0.717, 1.165) is 0 Å². The predicted molar refractivity (Wildman–Crippen MR) is 50.5 cm³/mol. The normalized spacial score (nSPS) is 12.1. The molecule has 0 aromatic carbocycles. The lowest BCUT2D eigenvalue weighted by Crippen LogP contribution is -2.39. The van der Waals surface area contributed by atoms with Crippen LogP contribution in [0, 0.1) is 0 Å². The molecule has 0 aliphatic rings. The van der Waals surface area contributed by atoms with Gasteiger partial charge in [0.25, 0.3) is 5.91 Å². The van der Waals surface area contributed by atoms with Gasteiger partial charge in [-0.1, -0.05) is 0 Å². The van der Waals surface area contributed by atoms with Crippen LogP contribution in [0.1, 0.15) is 10.4 Å². The van der Waals surface area contributed by atoms with Crippen LogP contribution in [-0.2, 0) is 11.1 Å². The Morgan fingerprint density at radius 2 is 2.14 bits per heavy atom. The molecule has 0 spiro atoms. The van der Waals surface area contributed by atoms with Gasteiger partial charge in [-0.3, -0.25) is 15.2 Å². The quantitative estimate of drug-likeness (QED) is 0.465. The van der Waals surface area contributed by atoms with Crippen molar-refractivity contribution in [3.8, 4) is 0 Å². The SMILES string of the molecule is O=C(NNCS(=O)O)c1ccncc1. The summed E-state index contributed by atoms with van der Waals surface area (Å²) in [5.74, 6) is -0.588. The van der Waals surface area contributed by atoms with Gasteiger partial charge >= 0.3 is 0 Å². The zero-order chi connectivity index (χ0) is 10.4. The van der Waals surface area contributed by atoms with Crippen molar-refractivity contribution in [2.75, 3.05) is 5.88 Å². The third-order valence-electron chi connectivity index (χ3n) is 1.34. The third kappa shape index (κ3) is 3.60. The second-order valence-corrected chi connectivity index (χ2v) is 3.26. The van der Waals surface area contributed by atoms with E-state index in [9.17, 15) is 9.00 Å². The molecule has 14 heavy (non-hydrogen) atoms. The standard InChI is InChI=1S/C7H9N3O3S/c11-7(10-9-5-14(12)13)6-1-3-8-4-2-6/h1-4,9H,5H2,(H,10,11)(H,12,13). The lowest BCUT2D eigenvalue weighted by molar-refractivity contribution is 0.0936. The van der Waals surface area contributed by atoms with E-state index >= 15 is 0 Å². The maximum atomic E-state index is 11.2. The first-order chi connectivity index (χ1) is 6.70. The second-order valence-electron chi connectivity index (χ2n) is 2.33. The number of amides is 1. The Kier molecular flexibility index (Phi) is 4.17. The Bertz CT molecular complexity index is 330. The summed E-state index contributed by atoms with van der Waals surface area (Å²) in [5.41, 5.74) is 5.00. The maximum absolute atomic E-state index is 11.2. The fraction of sp³-hybridized carbons (Fsp3) is 0.143. The summed E-state index contributed by atoms with van der Waals surface area (Å²) < 4.78 is 18.6. The van der Waals surface area contributed by atoms with E-state index in [2.05, 4.69) is 15.8 Å². The highest BCUT2D eigenvalue weighted by atomic mass is 32.2. The number of hydrogen-bond acceptors (Lipinski definition) is 4. The lowest BCUT2D eigenvalue weighted by atomic mass is 10.3. The summed E-state index contributed by atoms with van der Waals surface area (Å²) in [4.78, 5) is 15.0. The van der Waals surface area contributed by atoms with Crippen molar-refractivity contribution in [3.63, 3.8) is 0 Å². The number of nitrogens with one attached hydrogen (secondary N) is 2. The first kappa shape index (κ1) is 10.8. The molecule has 6 nitrogen and oxygen atoms in total. The Morgan fingerprint density at radius 1 is 1.50 bits per heavy atom. The number of rotatable bonds is 4. The molecule has 7 heteroatoms. The van der Waals surface area contributed by atoms with E-state index in [1.807, 2.05) is 0 Å². The van der Waals surface area contributed by atoms with E-state index in [1.54, 1.807) is 0 Å². The molecule has 0 aliphatic heterocycles. The number of hydrazine groups is 1. The summed E-state index contributed by atoms with van der Waals surface area (Å²) in [6.07, 6.45) is 2.97. The minimum absolute atomic E-state index is 0.211. The number of aromatic nitrogens is 1. The van der Waals surface area contributed by atoms with Crippen LogP contribution < -0.4 is 10.9 Å². The highest BCUT2D eigenvalue weighted by Gasteiger charge is 2.03. The van der Waals surface area contributed by atoms with Crippen LogP contribution >= 0.6 is 0 Å². The molecule has 0 fully saturated rings. The zero-order valence-corrected chi connectivity index (χ0v) is 7.95. The minimum Gasteiger partial charge on any atom is -0.305 e. The molecule has 1 aromatic heterocycles. The van der Waals surface area contributed by atoms with E-state index in [1.165, 1.54) is 24.5 Å². The van der Waals surface area contributed by atoms with Crippen molar-refractivity contribution < 1.29 is 13.6 Å². The lowest BCUT2D eigenvalue weighted by Gasteiger charge is -2.04. The smallest absolute Gasteiger partial charge is 0.265 e. The molecule has 0 saturated carbocycles. The summed E-state index contributed by atoms with van der Waals surface area (Å²) in [5, 5.41) is 0. The van der Waals surface area contributed by atoms with Crippen molar-refractivity contribution >= 4 is 17.0 Å². The largest absolute Gasteiger partial charge is 0.305 e. The van der Waals surface area contributed by atoms with Gasteiger partial charge in [0.15, 0.2) is 11.1 Å². The van der Waals surface area contributed by atoms with E-state index in [0.29, 0.717) is 5.56 Å². The van der Waals surface area contributed by atoms with Crippen molar-refractivity contribution in [2.24, 2.45) is 0 Å².